The fourth-order valence-electron chi connectivity index (χ4n) is 1.80. The standard InChI is InChI=1S/C14H11Cl3O/c1-8-2-3-9(15)6-11(8)14(18)12-7-10(16)4-5-13(12)17/h2-7,14,18H,1H3. The van der Waals surface area contributed by atoms with Crippen molar-refractivity contribution in [2.24, 2.45) is 0 Å². The van der Waals surface area contributed by atoms with Crippen LogP contribution in [-0.2, 0) is 0 Å². The minimum absolute atomic E-state index is 0.478. The highest BCUT2D eigenvalue weighted by molar-refractivity contribution is 6.33. The molecule has 0 saturated heterocycles. The predicted octanol–water partition coefficient (Wildman–Crippen LogP) is 5.04. The molecular weight excluding hydrogens is 291 g/mol. The molecule has 0 radical (unpaired) electrons. The molecule has 1 N–H and O–H groups in total. The molecule has 1 nitrogen and oxygen atoms in total. The van der Waals surface area contributed by atoms with Gasteiger partial charge in [0.2, 0.25) is 0 Å². The second kappa shape index (κ2) is 5.50. The first kappa shape index (κ1) is 13.7. The van der Waals surface area contributed by atoms with Crippen molar-refractivity contribution >= 4 is 34.8 Å². The normalized spacial score (nSPS) is 12.5. The van der Waals surface area contributed by atoms with Crippen molar-refractivity contribution in [3.05, 3.63) is 68.2 Å². The van der Waals surface area contributed by atoms with Gasteiger partial charge in [-0.2, -0.15) is 0 Å². The van der Waals surface area contributed by atoms with Gasteiger partial charge < -0.3 is 5.11 Å². The zero-order chi connectivity index (χ0) is 13.3. The summed E-state index contributed by atoms with van der Waals surface area (Å²) in [4.78, 5) is 0. The van der Waals surface area contributed by atoms with Gasteiger partial charge in [0.05, 0.1) is 0 Å². The van der Waals surface area contributed by atoms with Crippen LogP contribution < -0.4 is 0 Å². The lowest BCUT2D eigenvalue weighted by Gasteiger charge is -2.16. The maximum atomic E-state index is 10.4. The molecule has 1 atom stereocenters. The van der Waals surface area contributed by atoms with Gasteiger partial charge in [-0.05, 0) is 48.4 Å². The highest BCUT2D eigenvalue weighted by Gasteiger charge is 2.16. The summed E-state index contributed by atoms with van der Waals surface area (Å²) in [6.07, 6.45) is -0.838. The van der Waals surface area contributed by atoms with Crippen LogP contribution in [0.15, 0.2) is 36.4 Å². The quantitative estimate of drug-likeness (QED) is 0.824. The van der Waals surface area contributed by atoms with Crippen molar-refractivity contribution in [2.45, 2.75) is 13.0 Å². The molecule has 0 aliphatic rings. The Morgan fingerprint density at radius 1 is 0.889 bits per heavy atom. The monoisotopic (exact) mass is 300 g/mol. The van der Waals surface area contributed by atoms with Crippen LogP contribution >= 0.6 is 34.8 Å². The van der Waals surface area contributed by atoms with E-state index in [4.69, 9.17) is 34.8 Å². The van der Waals surface area contributed by atoms with Crippen molar-refractivity contribution in [3.63, 3.8) is 0 Å². The van der Waals surface area contributed by atoms with Crippen LogP contribution in [0.25, 0.3) is 0 Å². The summed E-state index contributed by atoms with van der Waals surface area (Å²) in [5, 5.41) is 12.0. The molecule has 2 aromatic carbocycles. The van der Waals surface area contributed by atoms with Crippen molar-refractivity contribution in [3.8, 4) is 0 Å². The van der Waals surface area contributed by atoms with Gasteiger partial charge in [0.15, 0.2) is 0 Å². The van der Waals surface area contributed by atoms with Crippen LogP contribution in [0.3, 0.4) is 0 Å². The number of aryl methyl sites for hydroxylation is 1. The third-order valence-electron chi connectivity index (χ3n) is 2.79. The number of aliphatic hydroxyl groups is 1. The minimum Gasteiger partial charge on any atom is -0.384 e. The summed E-state index contributed by atoms with van der Waals surface area (Å²) in [5.41, 5.74) is 2.25. The van der Waals surface area contributed by atoms with Gasteiger partial charge >= 0.3 is 0 Å². The Morgan fingerprint density at radius 3 is 2.11 bits per heavy atom. The van der Waals surface area contributed by atoms with E-state index >= 15 is 0 Å². The molecule has 0 heterocycles. The molecule has 0 aliphatic carbocycles. The Hall–Kier alpha value is -0.730. The first-order valence-corrected chi connectivity index (χ1v) is 6.51. The highest BCUT2D eigenvalue weighted by Crippen LogP contribution is 2.33. The summed E-state index contributed by atoms with van der Waals surface area (Å²) < 4.78 is 0. The van der Waals surface area contributed by atoms with Crippen molar-refractivity contribution in [2.75, 3.05) is 0 Å². The molecule has 1 unspecified atom stereocenters. The summed E-state index contributed by atoms with van der Waals surface area (Å²) in [6, 6.07) is 10.4. The molecule has 0 fully saturated rings. The summed E-state index contributed by atoms with van der Waals surface area (Å²) in [6.45, 7) is 1.91. The number of rotatable bonds is 2. The summed E-state index contributed by atoms with van der Waals surface area (Å²) in [5.74, 6) is 0. The van der Waals surface area contributed by atoms with Crippen LogP contribution in [0.5, 0.6) is 0 Å². The third kappa shape index (κ3) is 2.81. The lowest BCUT2D eigenvalue weighted by Crippen LogP contribution is -2.03. The minimum atomic E-state index is -0.838. The van der Waals surface area contributed by atoms with Gasteiger partial charge in [-0.1, -0.05) is 40.9 Å². The second-order valence-electron chi connectivity index (χ2n) is 4.07. The highest BCUT2D eigenvalue weighted by atomic mass is 35.5. The van der Waals surface area contributed by atoms with E-state index in [0.717, 1.165) is 11.1 Å². The van der Waals surface area contributed by atoms with Gasteiger partial charge in [-0.3, -0.25) is 0 Å². The van der Waals surface area contributed by atoms with E-state index in [9.17, 15) is 5.11 Å². The van der Waals surface area contributed by atoms with Gasteiger partial charge in [0.25, 0.3) is 0 Å². The van der Waals surface area contributed by atoms with Crippen LogP contribution in [-0.4, -0.2) is 5.11 Å². The number of hydrogen-bond acceptors (Lipinski definition) is 1. The predicted molar refractivity (Wildman–Crippen MR) is 76.7 cm³/mol. The molecule has 0 bridgehead atoms. The lowest BCUT2D eigenvalue weighted by atomic mass is 9.97. The molecule has 0 spiro atoms. The van der Waals surface area contributed by atoms with Crippen LogP contribution in [0, 0.1) is 6.92 Å². The smallest absolute Gasteiger partial charge is 0.106 e. The molecule has 0 aromatic heterocycles. The summed E-state index contributed by atoms with van der Waals surface area (Å²) in [7, 11) is 0. The molecular formula is C14H11Cl3O. The van der Waals surface area contributed by atoms with Gasteiger partial charge in [-0.25, -0.2) is 0 Å². The average Bonchev–Trinajstić information content (AvgIpc) is 2.34. The molecule has 0 aliphatic heterocycles. The average molecular weight is 302 g/mol. The zero-order valence-electron chi connectivity index (χ0n) is 9.62. The maximum absolute atomic E-state index is 10.4. The van der Waals surface area contributed by atoms with E-state index in [-0.39, 0.29) is 0 Å². The molecule has 94 valence electrons. The summed E-state index contributed by atoms with van der Waals surface area (Å²) >= 11 is 18.0. The Labute approximate surface area is 121 Å². The number of benzene rings is 2. The Morgan fingerprint density at radius 2 is 1.44 bits per heavy atom. The Bertz CT molecular complexity index is 530. The van der Waals surface area contributed by atoms with E-state index in [1.54, 1.807) is 30.3 Å². The molecule has 18 heavy (non-hydrogen) atoms. The van der Waals surface area contributed by atoms with E-state index in [0.29, 0.717) is 20.6 Å². The van der Waals surface area contributed by atoms with E-state index in [1.807, 2.05) is 13.0 Å². The number of hydrogen-bond donors (Lipinski definition) is 1. The van der Waals surface area contributed by atoms with Gasteiger partial charge in [0.1, 0.15) is 6.10 Å². The van der Waals surface area contributed by atoms with Crippen molar-refractivity contribution in [1.82, 2.24) is 0 Å². The number of halogens is 3. The Kier molecular flexibility index (Phi) is 4.18. The fraction of sp³-hybridized carbons (Fsp3) is 0.143. The van der Waals surface area contributed by atoms with Crippen LogP contribution in [0.4, 0.5) is 0 Å². The van der Waals surface area contributed by atoms with Crippen LogP contribution in [0.1, 0.15) is 22.8 Å². The van der Waals surface area contributed by atoms with Gasteiger partial charge in [-0.15, -0.1) is 0 Å². The Balaban J connectivity index is 2.50. The first-order chi connectivity index (χ1) is 8.49. The number of aliphatic hydroxyl groups excluding tert-OH is 1. The molecule has 2 rings (SSSR count). The van der Waals surface area contributed by atoms with E-state index in [1.165, 1.54) is 0 Å². The van der Waals surface area contributed by atoms with Crippen molar-refractivity contribution < 1.29 is 5.11 Å². The van der Waals surface area contributed by atoms with Crippen LogP contribution in [0.2, 0.25) is 15.1 Å². The second-order valence-corrected chi connectivity index (χ2v) is 5.35. The molecule has 2 aromatic rings. The third-order valence-corrected chi connectivity index (χ3v) is 3.60. The van der Waals surface area contributed by atoms with E-state index < -0.39 is 6.10 Å². The lowest BCUT2D eigenvalue weighted by molar-refractivity contribution is 0.219. The first-order valence-electron chi connectivity index (χ1n) is 5.38. The maximum Gasteiger partial charge on any atom is 0.106 e. The topological polar surface area (TPSA) is 20.2 Å². The van der Waals surface area contributed by atoms with Crippen molar-refractivity contribution in [1.29, 1.82) is 0 Å². The zero-order valence-corrected chi connectivity index (χ0v) is 11.9. The SMILES string of the molecule is Cc1ccc(Cl)cc1C(O)c1cc(Cl)ccc1Cl. The largest absolute Gasteiger partial charge is 0.384 e. The van der Waals surface area contributed by atoms with Gasteiger partial charge in [0, 0.05) is 20.6 Å². The molecule has 0 amide bonds. The van der Waals surface area contributed by atoms with E-state index in [2.05, 4.69) is 0 Å². The molecule has 0 saturated carbocycles. The molecule has 4 heteroatoms. The fourth-order valence-corrected chi connectivity index (χ4v) is 2.38.